The van der Waals surface area contributed by atoms with E-state index in [0.29, 0.717) is 19.0 Å². The van der Waals surface area contributed by atoms with Gasteiger partial charge in [0.15, 0.2) is 0 Å². The molecular formula is C13H19N5O2. The van der Waals surface area contributed by atoms with Crippen molar-refractivity contribution in [1.82, 2.24) is 20.2 Å². The molecule has 2 heterocycles. The third-order valence-corrected chi connectivity index (χ3v) is 3.85. The minimum Gasteiger partial charge on any atom is -0.393 e. The summed E-state index contributed by atoms with van der Waals surface area (Å²) in [5.74, 6) is 1.12. The van der Waals surface area contributed by atoms with E-state index in [1.807, 2.05) is 6.07 Å². The fourth-order valence-electron chi connectivity index (χ4n) is 2.57. The molecule has 1 saturated carbocycles. The summed E-state index contributed by atoms with van der Waals surface area (Å²) < 4.78 is 0. The number of hydrogen-bond donors (Lipinski definition) is 3. The van der Waals surface area contributed by atoms with Crippen LogP contribution in [-0.4, -0.2) is 58.3 Å². The number of hydrogen-bond acceptors (Lipinski definition) is 5. The number of aliphatic hydroxyl groups is 1. The monoisotopic (exact) mass is 277 g/mol. The fraction of sp³-hybridized carbons (Fsp3) is 0.615. The minimum atomic E-state index is -0.181. The number of nitrogens with zero attached hydrogens (tertiary/aromatic N) is 3. The lowest BCUT2D eigenvalue weighted by Crippen LogP contribution is -2.32. The van der Waals surface area contributed by atoms with Gasteiger partial charge in [0, 0.05) is 43.9 Å². The Hall–Kier alpha value is -1.89. The van der Waals surface area contributed by atoms with Crippen molar-refractivity contribution in [2.24, 2.45) is 0 Å². The SMILES string of the molecule is O=C1NCCN1CCNc1cc(C2CC(O)C2)ncn1. The Balaban J connectivity index is 1.50. The van der Waals surface area contributed by atoms with E-state index in [1.54, 1.807) is 11.2 Å². The lowest BCUT2D eigenvalue weighted by atomic mass is 9.80. The Kier molecular flexibility index (Phi) is 3.68. The second-order valence-electron chi connectivity index (χ2n) is 5.30. The summed E-state index contributed by atoms with van der Waals surface area (Å²) in [6.07, 6.45) is 2.93. The lowest BCUT2D eigenvalue weighted by Gasteiger charge is -2.30. The van der Waals surface area contributed by atoms with Gasteiger partial charge in [-0.1, -0.05) is 0 Å². The summed E-state index contributed by atoms with van der Waals surface area (Å²) in [4.78, 5) is 21.6. The molecule has 1 aromatic rings. The van der Waals surface area contributed by atoms with Gasteiger partial charge in [0.05, 0.1) is 6.10 Å². The summed E-state index contributed by atoms with van der Waals surface area (Å²) >= 11 is 0. The number of aromatic nitrogens is 2. The highest BCUT2D eigenvalue weighted by molar-refractivity contribution is 5.76. The maximum absolute atomic E-state index is 11.4. The topological polar surface area (TPSA) is 90.4 Å². The molecule has 1 aliphatic carbocycles. The van der Waals surface area contributed by atoms with Crippen molar-refractivity contribution in [3.8, 4) is 0 Å². The van der Waals surface area contributed by atoms with Crippen molar-refractivity contribution in [3.05, 3.63) is 18.1 Å². The molecule has 0 spiro atoms. The van der Waals surface area contributed by atoms with Crippen LogP contribution in [0.5, 0.6) is 0 Å². The van der Waals surface area contributed by atoms with Crippen LogP contribution in [0.4, 0.5) is 10.6 Å². The second kappa shape index (κ2) is 5.62. The molecule has 3 N–H and O–H groups in total. The molecule has 2 amide bonds. The zero-order valence-electron chi connectivity index (χ0n) is 11.2. The summed E-state index contributed by atoms with van der Waals surface area (Å²) in [6.45, 7) is 2.81. The van der Waals surface area contributed by atoms with Crippen molar-refractivity contribution in [2.45, 2.75) is 24.9 Å². The number of amides is 2. The van der Waals surface area contributed by atoms with Crippen molar-refractivity contribution in [2.75, 3.05) is 31.5 Å². The van der Waals surface area contributed by atoms with Crippen LogP contribution < -0.4 is 10.6 Å². The largest absolute Gasteiger partial charge is 0.393 e. The van der Waals surface area contributed by atoms with Crippen LogP contribution in [0.1, 0.15) is 24.5 Å². The van der Waals surface area contributed by atoms with Crippen LogP contribution in [0.15, 0.2) is 12.4 Å². The second-order valence-corrected chi connectivity index (χ2v) is 5.30. The van der Waals surface area contributed by atoms with Gasteiger partial charge in [-0.3, -0.25) is 0 Å². The van der Waals surface area contributed by atoms with Gasteiger partial charge < -0.3 is 20.6 Å². The lowest BCUT2D eigenvalue weighted by molar-refractivity contribution is 0.0732. The summed E-state index contributed by atoms with van der Waals surface area (Å²) in [5, 5.41) is 15.3. The maximum atomic E-state index is 11.4. The van der Waals surface area contributed by atoms with Gasteiger partial charge in [-0.25, -0.2) is 14.8 Å². The van der Waals surface area contributed by atoms with E-state index in [1.165, 1.54) is 0 Å². The van der Waals surface area contributed by atoms with Crippen molar-refractivity contribution in [1.29, 1.82) is 0 Å². The first-order chi connectivity index (χ1) is 9.72. The Morgan fingerprint density at radius 1 is 1.45 bits per heavy atom. The molecular weight excluding hydrogens is 258 g/mol. The van der Waals surface area contributed by atoms with E-state index in [4.69, 9.17) is 0 Å². The molecule has 1 saturated heterocycles. The summed E-state index contributed by atoms with van der Waals surface area (Å²) in [5.41, 5.74) is 0.978. The third-order valence-electron chi connectivity index (χ3n) is 3.85. The smallest absolute Gasteiger partial charge is 0.317 e. The van der Waals surface area contributed by atoms with Crippen LogP contribution in [0.25, 0.3) is 0 Å². The predicted octanol–water partition coefficient (Wildman–Crippen LogP) is 0.152. The average molecular weight is 277 g/mol. The summed E-state index contributed by atoms with van der Waals surface area (Å²) in [6, 6.07) is 1.93. The summed E-state index contributed by atoms with van der Waals surface area (Å²) in [7, 11) is 0. The first-order valence-electron chi connectivity index (χ1n) is 6.99. The van der Waals surface area contributed by atoms with Crippen LogP contribution in [0.2, 0.25) is 0 Å². The van der Waals surface area contributed by atoms with E-state index in [-0.39, 0.29) is 12.1 Å². The van der Waals surface area contributed by atoms with Gasteiger partial charge in [0.1, 0.15) is 12.1 Å². The molecule has 1 aliphatic heterocycles. The Bertz CT molecular complexity index is 489. The fourth-order valence-corrected chi connectivity index (χ4v) is 2.57. The highest BCUT2D eigenvalue weighted by Gasteiger charge is 2.29. The quantitative estimate of drug-likeness (QED) is 0.713. The van der Waals surface area contributed by atoms with Gasteiger partial charge in [-0.15, -0.1) is 0 Å². The van der Waals surface area contributed by atoms with Crippen LogP contribution in [-0.2, 0) is 0 Å². The van der Waals surface area contributed by atoms with Gasteiger partial charge in [-0.05, 0) is 12.8 Å². The van der Waals surface area contributed by atoms with Crippen LogP contribution in [0.3, 0.4) is 0 Å². The first-order valence-corrected chi connectivity index (χ1v) is 6.99. The highest BCUT2D eigenvalue weighted by Crippen LogP contribution is 2.35. The molecule has 7 heteroatoms. The molecule has 0 unspecified atom stereocenters. The number of anilines is 1. The average Bonchev–Trinajstić information content (AvgIpc) is 2.81. The molecule has 0 bridgehead atoms. The number of aliphatic hydroxyl groups excluding tert-OH is 1. The zero-order valence-corrected chi connectivity index (χ0v) is 11.2. The Morgan fingerprint density at radius 3 is 3.00 bits per heavy atom. The number of rotatable bonds is 5. The van der Waals surface area contributed by atoms with E-state index in [9.17, 15) is 9.90 Å². The normalized spacial score (nSPS) is 25.2. The number of carbonyl (C=O) groups is 1. The van der Waals surface area contributed by atoms with E-state index >= 15 is 0 Å². The third kappa shape index (κ3) is 2.82. The van der Waals surface area contributed by atoms with Crippen molar-refractivity contribution >= 4 is 11.8 Å². The Morgan fingerprint density at radius 2 is 2.30 bits per heavy atom. The van der Waals surface area contributed by atoms with E-state index in [2.05, 4.69) is 20.6 Å². The molecule has 0 radical (unpaired) electrons. The van der Waals surface area contributed by atoms with Crippen LogP contribution in [0, 0.1) is 0 Å². The van der Waals surface area contributed by atoms with Crippen molar-refractivity contribution < 1.29 is 9.90 Å². The number of carbonyl (C=O) groups excluding carboxylic acids is 1. The highest BCUT2D eigenvalue weighted by atomic mass is 16.3. The molecule has 108 valence electrons. The van der Waals surface area contributed by atoms with E-state index in [0.717, 1.165) is 37.4 Å². The molecule has 2 fully saturated rings. The zero-order chi connectivity index (χ0) is 13.9. The van der Waals surface area contributed by atoms with Gasteiger partial charge in [-0.2, -0.15) is 0 Å². The standard InChI is InChI=1S/C13H19N5O2/c19-10-5-9(6-10)11-7-12(17-8-16-11)14-1-3-18-4-2-15-13(18)20/h7-10,19H,1-6H2,(H,15,20)(H,14,16,17). The Labute approximate surface area is 117 Å². The number of nitrogens with one attached hydrogen (secondary N) is 2. The van der Waals surface area contributed by atoms with Gasteiger partial charge in [0.25, 0.3) is 0 Å². The van der Waals surface area contributed by atoms with Crippen molar-refractivity contribution in [3.63, 3.8) is 0 Å². The maximum Gasteiger partial charge on any atom is 0.317 e. The molecule has 3 rings (SSSR count). The molecule has 20 heavy (non-hydrogen) atoms. The molecule has 0 aromatic carbocycles. The van der Waals surface area contributed by atoms with Crippen LogP contribution >= 0.6 is 0 Å². The molecule has 7 nitrogen and oxygen atoms in total. The first kappa shape index (κ1) is 13.1. The van der Waals surface area contributed by atoms with Gasteiger partial charge >= 0.3 is 6.03 Å². The van der Waals surface area contributed by atoms with Gasteiger partial charge in [0.2, 0.25) is 0 Å². The minimum absolute atomic E-state index is 0.00127. The molecule has 0 atom stereocenters. The molecule has 1 aromatic heterocycles. The predicted molar refractivity (Wildman–Crippen MR) is 73.5 cm³/mol. The van der Waals surface area contributed by atoms with E-state index < -0.39 is 0 Å². The molecule has 2 aliphatic rings. The number of urea groups is 1.